The minimum Gasteiger partial charge on any atom is -0.460 e. The first-order chi connectivity index (χ1) is 10.0. The Morgan fingerprint density at radius 3 is 2.43 bits per heavy atom. The number of hydrogen-bond donors (Lipinski definition) is 0. The van der Waals surface area contributed by atoms with Gasteiger partial charge in [0, 0.05) is 6.42 Å². The summed E-state index contributed by atoms with van der Waals surface area (Å²) in [5, 5.41) is 1.23. The maximum Gasteiger partial charge on any atom is 0.366 e. The second kappa shape index (κ2) is 8.74. The van der Waals surface area contributed by atoms with Gasteiger partial charge in [-0.3, -0.25) is 0 Å². The van der Waals surface area contributed by atoms with E-state index in [1.165, 1.54) is 5.19 Å². The van der Waals surface area contributed by atoms with E-state index in [0.29, 0.717) is 6.42 Å². The standard InChI is InChI=1S/C16H23FO3Si/c1-4-16(5-2,11-12-19-15(18)13(3)17)20-21-14-9-7-6-8-10-14/h6-10H,3-5,11-12,21H2,1-2H3. The van der Waals surface area contributed by atoms with Crippen molar-refractivity contribution in [3.8, 4) is 0 Å². The van der Waals surface area contributed by atoms with Gasteiger partial charge in [0.05, 0.1) is 12.2 Å². The number of benzene rings is 1. The second-order valence-electron chi connectivity index (χ2n) is 4.96. The van der Waals surface area contributed by atoms with Gasteiger partial charge in [-0.05, 0) is 18.0 Å². The van der Waals surface area contributed by atoms with E-state index in [-0.39, 0.29) is 12.2 Å². The third-order valence-electron chi connectivity index (χ3n) is 3.69. The fourth-order valence-electron chi connectivity index (χ4n) is 2.10. The maximum atomic E-state index is 12.6. The average molecular weight is 310 g/mol. The first-order valence-electron chi connectivity index (χ1n) is 7.22. The number of halogens is 1. The van der Waals surface area contributed by atoms with E-state index in [1.807, 2.05) is 18.2 Å². The number of ether oxygens (including phenoxy) is 1. The van der Waals surface area contributed by atoms with E-state index < -0.39 is 21.6 Å². The molecule has 1 rings (SSSR count). The Kier molecular flexibility index (Phi) is 7.32. The van der Waals surface area contributed by atoms with Crippen LogP contribution < -0.4 is 5.19 Å². The number of carbonyl (C=O) groups excluding carboxylic acids is 1. The van der Waals surface area contributed by atoms with Crippen molar-refractivity contribution in [3.05, 3.63) is 42.7 Å². The monoisotopic (exact) mass is 310 g/mol. The van der Waals surface area contributed by atoms with E-state index in [1.54, 1.807) is 0 Å². The zero-order valence-electron chi connectivity index (χ0n) is 12.7. The van der Waals surface area contributed by atoms with E-state index in [4.69, 9.17) is 9.16 Å². The molecule has 5 heteroatoms. The van der Waals surface area contributed by atoms with Crippen LogP contribution in [0, 0.1) is 0 Å². The molecule has 0 saturated carbocycles. The lowest BCUT2D eigenvalue weighted by Crippen LogP contribution is -2.37. The van der Waals surface area contributed by atoms with Crippen LogP contribution in [0.2, 0.25) is 0 Å². The molecule has 0 aliphatic heterocycles. The SMILES string of the molecule is C=C(F)C(=O)OCCC(CC)(CC)O[SiH2]c1ccccc1. The molecule has 0 heterocycles. The minimum atomic E-state index is -1.06. The highest BCUT2D eigenvalue weighted by Crippen LogP contribution is 2.24. The molecule has 0 fully saturated rings. The first kappa shape index (κ1) is 17.6. The lowest BCUT2D eigenvalue weighted by molar-refractivity contribution is -0.142. The normalized spacial score (nSPS) is 11.8. The van der Waals surface area contributed by atoms with Crippen molar-refractivity contribution in [2.24, 2.45) is 0 Å². The van der Waals surface area contributed by atoms with Gasteiger partial charge in [-0.25, -0.2) is 4.79 Å². The van der Waals surface area contributed by atoms with Gasteiger partial charge in [-0.15, -0.1) is 0 Å². The predicted molar refractivity (Wildman–Crippen MR) is 84.8 cm³/mol. The molecule has 1 aromatic carbocycles. The lowest BCUT2D eigenvalue weighted by Gasteiger charge is -2.32. The largest absolute Gasteiger partial charge is 0.460 e. The van der Waals surface area contributed by atoms with Crippen LogP contribution in [0.1, 0.15) is 33.1 Å². The van der Waals surface area contributed by atoms with Gasteiger partial charge in [0.15, 0.2) is 9.76 Å². The number of hydrogen-bond acceptors (Lipinski definition) is 3. The summed E-state index contributed by atoms with van der Waals surface area (Å²) >= 11 is 0. The molecule has 0 N–H and O–H groups in total. The summed E-state index contributed by atoms with van der Waals surface area (Å²) in [4.78, 5) is 11.1. The third-order valence-corrected chi connectivity index (χ3v) is 5.25. The number of carbonyl (C=O) groups is 1. The van der Waals surface area contributed by atoms with Crippen LogP contribution >= 0.6 is 0 Å². The van der Waals surface area contributed by atoms with Gasteiger partial charge in [-0.1, -0.05) is 50.8 Å². The molecule has 0 radical (unpaired) electrons. The van der Waals surface area contributed by atoms with E-state index in [0.717, 1.165) is 12.8 Å². The van der Waals surface area contributed by atoms with Gasteiger partial charge < -0.3 is 9.16 Å². The summed E-state index contributed by atoms with van der Waals surface area (Å²) in [5.74, 6) is -2.05. The summed E-state index contributed by atoms with van der Waals surface area (Å²) in [7, 11) is -0.833. The van der Waals surface area contributed by atoms with Crippen molar-refractivity contribution < 1.29 is 18.3 Å². The van der Waals surface area contributed by atoms with Crippen molar-refractivity contribution in [2.45, 2.75) is 38.7 Å². The molecule has 116 valence electrons. The fraction of sp³-hybridized carbons (Fsp3) is 0.438. The Morgan fingerprint density at radius 1 is 1.29 bits per heavy atom. The molecule has 0 aliphatic rings. The Hall–Kier alpha value is -1.46. The van der Waals surface area contributed by atoms with Crippen LogP contribution in [-0.4, -0.2) is 27.9 Å². The fourth-order valence-corrected chi connectivity index (χ4v) is 3.59. The van der Waals surface area contributed by atoms with Crippen LogP contribution in [0.25, 0.3) is 0 Å². The van der Waals surface area contributed by atoms with Crippen molar-refractivity contribution in [3.63, 3.8) is 0 Å². The summed E-state index contributed by atoms with van der Waals surface area (Å²) in [6.07, 6.45) is 2.23. The highest BCUT2D eigenvalue weighted by atomic mass is 28.2. The summed E-state index contributed by atoms with van der Waals surface area (Å²) in [6.45, 7) is 7.18. The second-order valence-corrected chi connectivity index (χ2v) is 6.35. The number of rotatable bonds is 9. The van der Waals surface area contributed by atoms with Crippen molar-refractivity contribution >= 4 is 20.9 Å². The van der Waals surface area contributed by atoms with E-state index in [2.05, 4.69) is 32.6 Å². The van der Waals surface area contributed by atoms with Gasteiger partial charge in [0.25, 0.3) is 0 Å². The Balaban J connectivity index is 2.53. The molecular formula is C16H23FO3Si. The summed E-state index contributed by atoms with van der Waals surface area (Å²) in [5.41, 5.74) is -0.306. The molecule has 0 atom stereocenters. The number of esters is 1. The van der Waals surface area contributed by atoms with Crippen molar-refractivity contribution in [1.82, 2.24) is 0 Å². The van der Waals surface area contributed by atoms with E-state index in [9.17, 15) is 9.18 Å². The van der Waals surface area contributed by atoms with E-state index >= 15 is 0 Å². The van der Waals surface area contributed by atoms with Crippen LogP contribution in [-0.2, 0) is 14.0 Å². The highest BCUT2D eigenvalue weighted by molar-refractivity contribution is 6.46. The maximum absolute atomic E-state index is 12.6. The minimum absolute atomic E-state index is 0.145. The smallest absolute Gasteiger partial charge is 0.366 e. The van der Waals surface area contributed by atoms with Crippen LogP contribution in [0.3, 0.4) is 0 Å². The molecule has 1 aromatic rings. The zero-order chi connectivity index (χ0) is 15.7. The summed E-state index contributed by atoms with van der Waals surface area (Å²) < 4.78 is 23.6. The van der Waals surface area contributed by atoms with Crippen molar-refractivity contribution in [2.75, 3.05) is 6.61 Å². The average Bonchev–Trinajstić information content (AvgIpc) is 2.51. The molecule has 0 aliphatic carbocycles. The zero-order valence-corrected chi connectivity index (χ0v) is 14.1. The molecule has 21 heavy (non-hydrogen) atoms. The van der Waals surface area contributed by atoms with Crippen LogP contribution in [0.4, 0.5) is 4.39 Å². The third kappa shape index (κ3) is 5.81. The molecule has 0 bridgehead atoms. The molecule has 0 spiro atoms. The van der Waals surface area contributed by atoms with Crippen LogP contribution in [0.15, 0.2) is 42.7 Å². The first-order valence-corrected chi connectivity index (χ1v) is 8.51. The molecule has 0 saturated heterocycles. The van der Waals surface area contributed by atoms with Gasteiger partial charge >= 0.3 is 5.97 Å². The predicted octanol–water partition coefficient (Wildman–Crippen LogP) is 2.39. The molecule has 0 unspecified atom stereocenters. The van der Waals surface area contributed by atoms with Gasteiger partial charge in [-0.2, -0.15) is 4.39 Å². The Labute approximate surface area is 128 Å². The highest BCUT2D eigenvalue weighted by Gasteiger charge is 2.27. The topological polar surface area (TPSA) is 35.5 Å². The molecule has 0 amide bonds. The lowest BCUT2D eigenvalue weighted by atomic mass is 9.94. The molecule has 3 nitrogen and oxygen atoms in total. The quantitative estimate of drug-likeness (QED) is 0.399. The van der Waals surface area contributed by atoms with Crippen LogP contribution in [0.5, 0.6) is 0 Å². The van der Waals surface area contributed by atoms with Gasteiger partial charge in [0.2, 0.25) is 5.83 Å². The summed E-state index contributed by atoms with van der Waals surface area (Å²) in [6, 6.07) is 10.1. The van der Waals surface area contributed by atoms with Crippen molar-refractivity contribution in [1.29, 1.82) is 0 Å². The molecule has 0 aromatic heterocycles. The van der Waals surface area contributed by atoms with Gasteiger partial charge in [0.1, 0.15) is 0 Å². The molecular weight excluding hydrogens is 287 g/mol. The Bertz CT molecular complexity index is 458. The Morgan fingerprint density at radius 2 is 1.90 bits per heavy atom.